The summed E-state index contributed by atoms with van der Waals surface area (Å²) in [5.74, 6) is 0.811. The van der Waals surface area contributed by atoms with Crippen LogP contribution in [0.2, 0.25) is 5.02 Å². The Morgan fingerprint density at radius 3 is 2.74 bits per heavy atom. The number of benzene rings is 1. The highest BCUT2D eigenvalue weighted by Gasteiger charge is 2.18. The van der Waals surface area contributed by atoms with E-state index in [-0.39, 0.29) is 0 Å². The van der Waals surface area contributed by atoms with Gasteiger partial charge in [0.2, 0.25) is 0 Å². The molecule has 0 radical (unpaired) electrons. The minimum Gasteiger partial charge on any atom is -0.493 e. The van der Waals surface area contributed by atoms with Crippen LogP contribution in [0.3, 0.4) is 0 Å². The number of aromatic nitrogens is 4. The normalized spacial score (nSPS) is 15.4. The van der Waals surface area contributed by atoms with Crippen LogP contribution in [0.25, 0.3) is 5.65 Å². The van der Waals surface area contributed by atoms with Crippen LogP contribution in [0.4, 0.5) is 5.69 Å². The van der Waals surface area contributed by atoms with Crippen LogP contribution in [0.15, 0.2) is 42.6 Å². The van der Waals surface area contributed by atoms with Crippen molar-refractivity contribution in [2.75, 3.05) is 44.2 Å². The molecule has 1 saturated heterocycles. The van der Waals surface area contributed by atoms with Gasteiger partial charge >= 0.3 is 0 Å². The number of ether oxygens (including phenoxy) is 1. The van der Waals surface area contributed by atoms with E-state index in [9.17, 15) is 0 Å². The van der Waals surface area contributed by atoms with Gasteiger partial charge in [0.05, 0.1) is 17.3 Å². The smallest absolute Gasteiger partial charge is 0.182 e. The molecule has 4 rings (SSSR count). The quantitative estimate of drug-likeness (QED) is 0.582. The number of halogens is 1. The average molecular weight is 387 g/mol. The first kappa shape index (κ1) is 18.0. The summed E-state index contributed by atoms with van der Waals surface area (Å²) >= 11 is 6.31. The standard InChI is InChI=1S/C19H23ClN6O/c20-17-5-1-2-6-18(17)25-12-10-24(11-13-25)8-3-4-14-27-16-7-9-26-19(15-16)21-22-23-26/h1-2,5-7,9,15H,3-4,8,10-14H2. The fourth-order valence-corrected chi connectivity index (χ4v) is 3.61. The molecule has 0 unspecified atom stereocenters. The molecule has 0 aliphatic carbocycles. The van der Waals surface area contributed by atoms with Gasteiger partial charge in [0.1, 0.15) is 5.75 Å². The SMILES string of the molecule is Clc1ccccc1N1CCN(CCCCOc2ccn3nnnc3c2)CC1. The maximum Gasteiger partial charge on any atom is 0.182 e. The molecule has 0 spiro atoms. The number of nitrogens with zero attached hydrogens (tertiary/aromatic N) is 6. The second kappa shape index (κ2) is 8.54. The van der Waals surface area contributed by atoms with Crippen molar-refractivity contribution in [3.05, 3.63) is 47.6 Å². The first-order valence-corrected chi connectivity index (χ1v) is 9.70. The molecule has 2 aromatic heterocycles. The molecule has 0 bridgehead atoms. The van der Waals surface area contributed by atoms with Gasteiger partial charge in [-0.2, -0.15) is 0 Å². The van der Waals surface area contributed by atoms with E-state index < -0.39 is 0 Å². The Kier molecular flexibility index (Phi) is 5.69. The Bertz CT molecular complexity index is 877. The van der Waals surface area contributed by atoms with Crippen molar-refractivity contribution in [2.45, 2.75) is 12.8 Å². The number of para-hydroxylation sites is 1. The van der Waals surface area contributed by atoms with Gasteiger partial charge in [-0.25, -0.2) is 4.52 Å². The Hall–Kier alpha value is -2.38. The van der Waals surface area contributed by atoms with E-state index >= 15 is 0 Å². The number of piperazine rings is 1. The Morgan fingerprint density at radius 2 is 1.89 bits per heavy atom. The zero-order valence-electron chi connectivity index (χ0n) is 15.2. The van der Waals surface area contributed by atoms with E-state index in [1.54, 1.807) is 4.52 Å². The number of pyridine rings is 1. The highest BCUT2D eigenvalue weighted by Crippen LogP contribution is 2.26. The molecule has 1 aromatic carbocycles. The lowest BCUT2D eigenvalue weighted by atomic mass is 10.2. The molecule has 3 heterocycles. The summed E-state index contributed by atoms with van der Waals surface area (Å²) in [4.78, 5) is 4.89. The van der Waals surface area contributed by atoms with Crippen LogP contribution in [-0.4, -0.2) is 64.3 Å². The summed E-state index contributed by atoms with van der Waals surface area (Å²) in [6, 6.07) is 11.8. The predicted molar refractivity (Wildman–Crippen MR) is 106 cm³/mol. The topological polar surface area (TPSA) is 58.8 Å². The lowest BCUT2D eigenvalue weighted by Crippen LogP contribution is -2.46. The third-order valence-corrected chi connectivity index (χ3v) is 5.19. The van der Waals surface area contributed by atoms with E-state index in [4.69, 9.17) is 16.3 Å². The highest BCUT2D eigenvalue weighted by molar-refractivity contribution is 6.33. The molecular formula is C19H23ClN6O. The zero-order chi connectivity index (χ0) is 18.5. The van der Waals surface area contributed by atoms with E-state index in [0.717, 1.165) is 62.0 Å². The molecule has 1 fully saturated rings. The average Bonchev–Trinajstić information content (AvgIpc) is 3.17. The Morgan fingerprint density at radius 1 is 1.04 bits per heavy atom. The number of anilines is 1. The number of hydrogen-bond acceptors (Lipinski definition) is 6. The molecule has 142 valence electrons. The molecule has 8 heteroatoms. The molecule has 0 saturated carbocycles. The number of hydrogen-bond donors (Lipinski definition) is 0. The van der Waals surface area contributed by atoms with Crippen LogP contribution in [0.1, 0.15) is 12.8 Å². The predicted octanol–water partition coefficient (Wildman–Crippen LogP) is 2.76. The van der Waals surface area contributed by atoms with E-state index in [1.807, 2.05) is 36.5 Å². The van der Waals surface area contributed by atoms with Crippen LogP contribution in [-0.2, 0) is 0 Å². The van der Waals surface area contributed by atoms with E-state index in [0.29, 0.717) is 12.3 Å². The fourth-order valence-electron chi connectivity index (χ4n) is 3.36. The van der Waals surface area contributed by atoms with Crippen molar-refractivity contribution >= 4 is 22.9 Å². The third kappa shape index (κ3) is 4.48. The number of unbranched alkanes of at least 4 members (excludes halogenated alkanes) is 1. The van der Waals surface area contributed by atoms with Gasteiger partial charge in [-0.15, -0.1) is 5.10 Å². The lowest BCUT2D eigenvalue weighted by molar-refractivity contribution is 0.238. The maximum absolute atomic E-state index is 6.31. The van der Waals surface area contributed by atoms with Gasteiger partial charge < -0.3 is 9.64 Å². The molecule has 0 amide bonds. The summed E-state index contributed by atoms with van der Waals surface area (Å²) in [5.41, 5.74) is 1.84. The van der Waals surface area contributed by atoms with Crippen LogP contribution >= 0.6 is 11.6 Å². The molecule has 0 N–H and O–H groups in total. The van der Waals surface area contributed by atoms with Crippen molar-refractivity contribution in [1.29, 1.82) is 0 Å². The molecule has 3 aromatic rings. The number of fused-ring (bicyclic) bond motifs is 1. The van der Waals surface area contributed by atoms with Crippen molar-refractivity contribution in [3.63, 3.8) is 0 Å². The molecule has 7 nitrogen and oxygen atoms in total. The van der Waals surface area contributed by atoms with Gasteiger partial charge in [0, 0.05) is 38.4 Å². The minimum atomic E-state index is 0.698. The zero-order valence-corrected chi connectivity index (χ0v) is 15.9. The Labute approximate surface area is 163 Å². The molecule has 0 atom stereocenters. The molecule has 1 aliphatic heterocycles. The van der Waals surface area contributed by atoms with Crippen LogP contribution in [0.5, 0.6) is 5.75 Å². The molecule has 27 heavy (non-hydrogen) atoms. The third-order valence-electron chi connectivity index (χ3n) is 4.87. The lowest BCUT2D eigenvalue weighted by Gasteiger charge is -2.36. The second-order valence-corrected chi connectivity index (χ2v) is 7.09. The van der Waals surface area contributed by atoms with Gasteiger partial charge in [-0.1, -0.05) is 23.7 Å². The summed E-state index contributed by atoms with van der Waals surface area (Å²) in [6.45, 7) is 5.99. The Balaban J connectivity index is 1.15. The van der Waals surface area contributed by atoms with Gasteiger partial charge in [0.25, 0.3) is 0 Å². The van der Waals surface area contributed by atoms with E-state index in [2.05, 4.69) is 31.4 Å². The van der Waals surface area contributed by atoms with Crippen molar-refractivity contribution in [3.8, 4) is 5.75 Å². The van der Waals surface area contributed by atoms with Crippen molar-refractivity contribution in [2.24, 2.45) is 0 Å². The molecular weight excluding hydrogens is 364 g/mol. The highest BCUT2D eigenvalue weighted by atomic mass is 35.5. The van der Waals surface area contributed by atoms with Crippen molar-refractivity contribution < 1.29 is 4.74 Å². The monoisotopic (exact) mass is 386 g/mol. The van der Waals surface area contributed by atoms with E-state index in [1.165, 1.54) is 0 Å². The van der Waals surface area contributed by atoms with Crippen LogP contribution in [0, 0.1) is 0 Å². The summed E-state index contributed by atoms with van der Waals surface area (Å²) in [6.07, 6.45) is 3.96. The first-order chi connectivity index (χ1) is 13.3. The summed E-state index contributed by atoms with van der Waals surface area (Å²) in [7, 11) is 0. The maximum atomic E-state index is 6.31. The summed E-state index contributed by atoms with van der Waals surface area (Å²) < 4.78 is 7.43. The van der Waals surface area contributed by atoms with Gasteiger partial charge in [-0.05, 0) is 48.0 Å². The van der Waals surface area contributed by atoms with Gasteiger partial charge in [0.15, 0.2) is 5.65 Å². The number of tetrazole rings is 1. The second-order valence-electron chi connectivity index (χ2n) is 6.68. The number of rotatable bonds is 7. The first-order valence-electron chi connectivity index (χ1n) is 9.32. The fraction of sp³-hybridized carbons (Fsp3) is 0.421. The minimum absolute atomic E-state index is 0.698. The molecule has 1 aliphatic rings. The van der Waals surface area contributed by atoms with Crippen molar-refractivity contribution in [1.82, 2.24) is 24.9 Å². The summed E-state index contributed by atoms with van der Waals surface area (Å²) in [5, 5.41) is 12.2. The largest absolute Gasteiger partial charge is 0.493 e. The van der Waals surface area contributed by atoms with Gasteiger partial charge in [-0.3, -0.25) is 4.90 Å². The van der Waals surface area contributed by atoms with Crippen LogP contribution < -0.4 is 9.64 Å².